The van der Waals surface area contributed by atoms with Gasteiger partial charge in [0.05, 0.1) is 18.2 Å². The first-order valence-electron chi connectivity index (χ1n) is 6.60. The Kier molecular flexibility index (Phi) is 6.29. The van der Waals surface area contributed by atoms with Crippen molar-refractivity contribution in [2.24, 2.45) is 5.92 Å². The summed E-state index contributed by atoms with van der Waals surface area (Å²) < 4.78 is 5.40. The molecule has 1 aromatic rings. The number of anilines is 1. The SMILES string of the molecule is CCOCC(NC(=O)c1cnccc1NC)C(C)C. The number of carbonyl (C=O) groups is 1. The minimum absolute atomic E-state index is 0.00244. The molecular weight excluding hydrogens is 242 g/mol. The zero-order chi connectivity index (χ0) is 14.3. The molecule has 1 unspecified atom stereocenters. The lowest BCUT2D eigenvalue weighted by molar-refractivity contribution is 0.0806. The van der Waals surface area contributed by atoms with Gasteiger partial charge in [0.15, 0.2) is 0 Å². The fourth-order valence-electron chi connectivity index (χ4n) is 1.69. The Hall–Kier alpha value is -1.62. The summed E-state index contributed by atoms with van der Waals surface area (Å²) in [6.45, 7) is 7.24. The number of carbonyl (C=O) groups excluding carboxylic acids is 1. The van der Waals surface area contributed by atoms with Crippen molar-refractivity contribution in [3.05, 3.63) is 24.0 Å². The van der Waals surface area contributed by atoms with Crippen LogP contribution in [0.2, 0.25) is 0 Å². The molecule has 106 valence electrons. The molecule has 1 amide bonds. The van der Waals surface area contributed by atoms with E-state index in [0.29, 0.717) is 24.7 Å². The molecule has 0 aromatic carbocycles. The van der Waals surface area contributed by atoms with E-state index in [0.717, 1.165) is 5.69 Å². The first-order chi connectivity index (χ1) is 9.10. The molecule has 1 aromatic heterocycles. The van der Waals surface area contributed by atoms with Crippen molar-refractivity contribution in [3.63, 3.8) is 0 Å². The van der Waals surface area contributed by atoms with Gasteiger partial charge in [-0.1, -0.05) is 13.8 Å². The Morgan fingerprint density at radius 1 is 1.47 bits per heavy atom. The summed E-state index contributed by atoms with van der Waals surface area (Å²) >= 11 is 0. The van der Waals surface area contributed by atoms with E-state index < -0.39 is 0 Å². The van der Waals surface area contributed by atoms with Crippen molar-refractivity contribution in [2.75, 3.05) is 25.6 Å². The molecule has 0 saturated carbocycles. The molecular formula is C14H23N3O2. The molecule has 0 spiro atoms. The molecule has 19 heavy (non-hydrogen) atoms. The van der Waals surface area contributed by atoms with E-state index in [9.17, 15) is 4.79 Å². The minimum Gasteiger partial charge on any atom is -0.387 e. The van der Waals surface area contributed by atoms with Gasteiger partial charge in [0, 0.05) is 31.7 Å². The van der Waals surface area contributed by atoms with Crippen LogP contribution < -0.4 is 10.6 Å². The van der Waals surface area contributed by atoms with Crippen molar-refractivity contribution in [3.8, 4) is 0 Å². The molecule has 0 bridgehead atoms. The second-order valence-electron chi connectivity index (χ2n) is 4.65. The zero-order valence-corrected chi connectivity index (χ0v) is 12.1. The zero-order valence-electron chi connectivity index (χ0n) is 12.1. The van der Waals surface area contributed by atoms with E-state index in [4.69, 9.17) is 4.74 Å². The molecule has 2 N–H and O–H groups in total. The van der Waals surface area contributed by atoms with Crippen molar-refractivity contribution in [2.45, 2.75) is 26.8 Å². The maximum atomic E-state index is 12.3. The Labute approximate surface area is 114 Å². The molecule has 5 nitrogen and oxygen atoms in total. The Morgan fingerprint density at radius 2 is 2.21 bits per heavy atom. The van der Waals surface area contributed by atoms with E-state index >= 15 is 0 Å². The predicted molar refractivity (Wildman–Crippen MR) is 76.4 cm³/mol. The van der Waals surface area contributed by atoms with Crippen LogP contribution in [0, 0.1) is 5.92 Å². The number of nitrogens with one attached hydrogen (secondary N) is 2. The first kappa shape index (κ1) is 15.4. The van der Waals surface area contributed by atoms with Crippen LogP contribution in [-0.2, 0) is 4.74 Å². The van der Waals surface area contributed by atoms with Crippen molar-refractivity contribution in [1.82, 2.24) is 10.3 Å². The number of pyridine rings is 1. The predicted octanol–water partition coefficient (Wildman–Crippen LogP) is 1.91. The second-order valence-corrected chi connectivity index (χ2v) is 4.65. The Balaban J connectivity index is 2.76. The average Bonchev–Trinajstić information content (AvgIpc) is 2.42. The normalized spacial score (nSPS) is 12.3. The van der Waals surface area contributed by atoms with Gasteiger partial charge < -0.3 is 15.4 Å². The number of nitrogens with zero attached hydrogens (tertiary/aromatic N) is 1. The average molecular weight is 265 g/mol. The lowest BCUT2D eigenvalue weighted by Gasteiger charge is -2.22. The van der Waals surface area contributed by atoms with Gasteiger partial charge in [-0.15, -0.1) is 0 Å². The quantitative estimate of drug-likeness (QED) is 0.790. The van der Waals surface area contributed by atoms with Gasteiger partial charge in [-0.3, -0.25) is 9.78 Å². The molecule has 0 fully saturated rings. The van der Waals surface area contributed by atoms with Gasteiger partial charge in [-0.25, -0.2) is 0 Å². The lowest BCUT2D eigenvalue weighted by Crippen LogP contribution is -2.42. The van der Waals surface area contributed by atoms with Crippen LogP contribution in [0.25, 0.3) is 0 Å². The third kappa shape index (κ3) is 4.52. The summed E-state index contributed by atoms with van der Waals surface area (Å²) in [7, 11) is 1.78. The van der Waals surface area contributed by atoms with Crippen LogP contribution in [0.1, 0.15) is 31.1 Å². The molecule has 1 heterocycles. The van der Waals surface area contributed by atoms with E-state index in [1.54, 1.807) is 25.5 Å². The highest BCUT2D eigenvalue weighted by Crippen LogP contribution is 2.13. The standard InChI is InChI=1S/C14H23N3O2/c1-5-19-9-13(10(2)3)17-14(18)11-8-16-7-6-12(11)15-4/h6-8,10,13H,5,9H2,1-4H3,(H,15,16)(H,17,18). The van der Waals surface area contributed by atoms with Gasteiger partial charge >= 0.3 is 0 Å². The van der Waals surface area contributed by atoms with Crippen molar-refractivity contribution in [1.29, 1.82) is 0 Å². The maximum absolute atomic E-state index is 12.3. The summed E-state index contributed by atoms with van der Waals surface area (Å²) in [6, 6.07) is 1.78. The minimum atomic E-state index is -0.129. The molecule has 0 aliphatic heterocycles. The lowest BCUT2D eigenvalue weighted by atomic mass is 10.0. The van der Waals surface area contributed by atoms with Gasteiger partial charge in [-0.05, 0) is 18.9 Å². The number of aromatic nitrogens is 1. The summed E-state index contributed by atoms with van der Waals surface area (Å²) in [5.41, 5.74) is 1.32. The molecule has 1 atom stereocenters. The fraction of sp³-hybridized carbons (Fsp3) is 0.571. The summed E-state index contributed by atoms with van der Waals surface area (Å²) in [5.74, 6) is 0.182. The molecule has 5 heteroatoms. The summed E-state index contributed by atoms with van der Waals surface area (Å²) in [5, 5.41) is 5.99. The van der Waals surface area contributed by atoms with Gasteiger partial charge in [0.1, 0.15) is 0 Å². The van der Waals surface area contributed by atoms with Crippen LogP contribution in [0.3, 0.4) is 0 Å². The van der Waals surface area contributed by atoms with E-state index in [-0.39, 0.29) is 11.9 Å². The van der Waals surface area contributed by atoms with Gasteiger partial charge in [0.2, 0.25) is 0 Å². The van der Waals surface area contributed by atoms with E-state index in [1.165, 1.54) is 0 Å². The third-order valence-corrected chi connectivity index (χ3v) is 2.96. The third-order valence-electron chi connectivity index (χ3n) is 2.96. The molecule has 0 saturated heterocycles. The summed E-state index contributed by atoms with van der Waals surface area (Å²) in [6.07, 6.45) is 3.22. The number of amides is 1. The summed E-state index contributed by atoms with van der Waals surface area (Å²) in [4.78, 5) is 16.3. The largest absolute Gasteiger partial charge is 0.387 e. The second kappa shape index (κ2) is 7.74. The van der Waals surface area contributed by atoms with Crippen LogP contribution in [0.5, 0.6) is 0 Å². The van der Waals surface area contributed by atoms with Crippen LogP contribution in [-0.4, -0.2) is 37.2 Å². The maximum Gasteiger partial charge on any atom is 0.255 e. The van der Waals surface area contributed by atoms with Crippen molar-refractivity contribution < 1.29 is 9.53 Å². The monoisotopic (exact) mass is 265 g/mol. The molecule has 1 rings (SSSR count). The number of hydrogen-bond acceptors (Lipinski definition) is 4. The highest BCUT2D eigenvalue weighted by Gasteiger charge is 2.19. The van der Waals surface area contributed by atoms with Gasteiger partial charge in [-0.2, -0.15) is 0 Å². The Bertz CT molecular complexity index is 407. The fourth-order valence-corrected chi connectivity index (χ4v) is 1.69. The molecule has 0 aliphatic rings. The Morgan fingerprint density at radius 3 is 2.79 bits per heavy atom. The van der Waals surface area contributed by atoms with E-state index in [1.807, 2.05) is 6.92 Å². The number of hydrogen-bond donors (Lipinski definition) is 2. The van der Waals surface area contributed by atoms with E-state index in [2.05, 4.69) is 29.5 Å². The number of ether oxygens (including phenoxy) is 1. The molecule has 0 radical (unpaired) electrons. The topological polar surface area (TPSA) is 63.2 Å². The van der Waals surface area contributed by atoms with Crippen molar-refractivity contribution >= 4 is 11.6 Å². The smallest absolute Gasteiger partial charge is 0.255 e. The highest BCUT2D eigenvalue weighted by molar-refractivity contribution is 5.99. The van der Waals surface area contributed by atoms with Crippen LogP contribution >= 0.6 is 0 Å². The highest BCUT2D eigenvalue weighted by atomic mass is 16.5. The number of rotatable bonds is 7. The van der Waals surface area contributed by atoms with Crippen LogP contribution in [0.15, 0.2) is 18.5 Å². The van der Waals surface area contributed by atoms with Gasteiger partial charge in [0.25, 0.3) is 5.91 Å². The van der Waals surface area contributed by atoms with Crippen LogP contribution in [0.4, 0.5) is 5.69 Å². The molecule has 0 aliphatic carbocycles. The first-order valence-corrected chi connectivity index (χ1v) is 6.60.